The Morgan fingerprint density at radius 3 is 2.59 bits per heavy atom. The van der Waals surface area contributed by atoms with Crippen LogP contribution in [0.3, 0.4) is 0 Å². The summed E-state index contributed by atoms with van der Waals surface area (Å²) in [5.41, 5.74) is 0.0575. The van der Waals surface area contributed by atoms with Crippen molar-refractivity contribution in [3.8, 4) is 5.75 Å². The molecule has 0 fully saturated rings. The second kappa shape index (κ2) is 5.32. The number of nitrogens with zero attached hydrogens (tertiary/aromatic N) is 3. The number of alkyl halides is 3. The zero-order valence-corrected chi connectivity index (χ0v) is 11.6. The Morgan fingerprint density at radius 2 is 1.86 bits per heavy atom. The number of ether oxygens (including phenoxy) is 1. The standard InChI is InChI=1S/C15H12F3N3O/c1-22-11-6-7-13-19-20-14(21(13)9-11)8-10-4-2-3-5-12(10)15(16,17)18/h2-7,9H,8H2,1H3. The summed E-state index contributed by atoms with van der Waals surface area (Å²) < 4.78 is 45.9. The molecule has 3 rings (SSSR count). The van der Waals surface area contributed by atoms with Crippen molar-refractivity contribution in [3.63, 3.8) is 0 Å². The maximum absolute atomic E-state index is 13.0. The molecule has 1 aromatic carbocycles. The van der Waals surface area contributed by atoms with Crippen LogP contribution in [0.5, 0.6) is 5.75 Å². The van der Waals surface area contributed by atoms with E-state index in [1.165, 1.54) is 19.2 Å². The molecule has 0 amide bonds. The van der Waals surface area contributed by atoms with Crippen LogP contribution in [0.25, 0.3) is 5.65 Å². The van der Waals surface area contributed by atoms with Crippen molar-refractivity contribution in [1.29, 1.82) is 0 Å². The number of fused-ring (bicyclic) bond motifs is 1. The van der Waals surface area contributed by atoms with Crippen molar-refractivity contribution < 1.29 is 17.9 Å². The van der Waals surface area contributed by atoms with Crippen LogP contribution in [0, 0.1) is 0 Å². The first-order valence-electron chi connectivity index (χ1n) is 6.52. The second-order valence-electron chi connectivity index (χ2n) is 4.75. The van der Waals surface area contributed by atoms with Gasteiger partial charge in [-0.05, 0) is 23.8 Å². The number of halogens is 3. The Morgan fingerprint density at radius 1 is 1.09 bits per heavy atom. The second-order valence-corrected chi connectivity index (χ2v) is 4.75. The summed E-state index contributed by atoms with van der Waals surface area (Å²) in [6, 6.07) is 8.89. The smallest absolute Gasteiger partial charge is 0.416 e. The third-order valence-electron chi connectivity index (χ3n) is 3.35. The van der Waals surface area contributed by atoms with Gasteiger partial charge >= 0.3 is 6.18 Å². The molecule has 0 spiro atoms. The third-order valence-corrected chi connectivity index (χ3v) is 3.35. The van der Waals surface area contributed by atoms with E-state index in [0.29, 0.717) is 17.2 Å². The maximum atomic E-state index is 13.0. The van der Waals surface area contributed by atoms with Crippen LogP contribution in [0.15, 0.2) is 42.6 Å². The summed E-state index contributed by atoms with van der Waals surface area (Å²) in [5, 5.41) is 7.94. The molecule has 0 aliphatic heterocycles. The highest BCUT2D eigenvalue weighted by molar-refractivity contribution is 5.42. The summed E-state index contributed by atoms with van der Waals surface area (Å²) >= 11 is 0. The Hall–Kier alpha value is -2.57. The number of rotatable bonds is 3. The van der Waals surface area contributed by atoms with Crippen molar-refractivity contribution in [2.45, 2.75) is 12.6 Å². The van der Waals surface area contributed by atoms with Crippen LogP contribution in [-0.2, 0) is 12.6 Å². The first-order chi connectivity index (χ1) is 10.5. The number of pyridine rings is 1. The Kier molecular flexibility index (Phi) is 3.48. The predicted molar refractivity (Wildman–Crippen MR) is 73.8 cm³/mol. The minimum Gasteiger partial charge on any atom is -0.495 e. The van der Waals surface area contributed by atoms with Gasteiger partial charge in [-0.2, -0.15) is 13.2 Å². The van der Waals surface area contributed by atoms with Crippen molar-refractivity contribution in [2.75, 3.05) is 7.11 Å². The maximum Gasteiger partial charge on any atom is 0.416 e. The van der Waals surface area contributed by atoms with E-state index in [0.717, 1.165) is 6.07 Å². The quantitative estimate of drug-likeness (QED) is 0.745. The highest BCUT2D eigenvalue weighted by Crippen LogP contribution is 2.32. The molecule has 0 atom stereocenters. The number of benzene rings is 1. The average molecular weight is 307 g/mol. The van der Waals surface area contributed by atoms with Crippen molar-refractivity contribution >= 4 is 5.65 Å². The van der Waals surface area contributed by atoms with Crippen LogP contribution in [0.4, 0.5) is 13.2 Å². The largest absolute Gasteiger partial charge is 0.495 e. The molecule has 0 saturated heterocycles. The summed E-state index contributed by atoms with van der Waals surface area (Å²) in [6.07, 6.45) is -2.71. The van der Waals surface area contributed by atoms with Crippen molar-refractivity contribution in [3.05, 3.63) is 59.5 Å². The average Bonchev–Trinajstić information content (AvgIpc) is 2.89. The third kappa shape index (κ3) is 2.61. The normalized spacial score (nSPS) is 11.8. The van der Waals surface area contributed by atoms with Gasteiger partial charge in [0.1, 0.15) is 11.6 Å². The van der Waals surface area contributed by atoms with Crippen LogP contribution in [0.1, 0.15) is 17.0 Å². The summed E-state index contributed by atoms with van der Waals surface area (Å²) in [4.78, 5) is 0. The highest BCUT2D eigenvalue weighted by Gasteiger charge is 2.33. The van der Waals surface area contributed by atoms with Crippen LogP contribution in [-0.4, -0.2) is 21.7 Å². The molecule has 114 valence electrons. The summed E-state index contributed by atoms with van der Waals surface area (Å²) in [7, 11) is 1.52. The lowest BCUT2D eigenvalue weighted by Crippen LogP contribution is -2.10. The lowest BCUT2D eigenvalue weighted by atomic mass is 10.0. The number of hydrogen-bond donors (Lipinski definition) is 0. The van der Waals surface area contributed by atoms with Crippen LogP contribution >= 0.6 is 0 Å². The molecule has 0 bridgehead atoms. The van der Waals surface area contributed by atoms with Gasteiger partial charge in [-0.25, -0.2) is 0 Å². The summed E-state index contributed by atoms with van der Waals surface area (Å²) in [6.45, 7) is 0. The van der Waals surface area contributed by atoms with Gasteiger partial charge in [-0.15, -0.1) is 10.2 Å². The molecule has 0 aliphatic carbocycles. The molecule has 0 aliphatic rings. The van der Waals surface area contributed by atoms with Gasteiger partial charge in [-0.1, -0.05) is 18.2 Å². The van der Waals surface area contributed by atoms with Crippen LogP contribution < -0.4 is 4.74 Å². The molecule has 0 unspecified atom stereocenters. The number of aromatic nitrogens is 3. The molecular weight excluding hydrogens is 295 g/mol. The van der Waals surface area contributed by atoms with E-state index in [1.807, 2.05) is 0 Å². The molecule has 3 aromatic rings. The Balaban J connectivity index is 2.04. The van der Waals surface area contributed by atoms with E-state index >= 15 is 0 Å². The molecule has 22 heavy (non-hydrogen) atoms. The van der Waals surface area contributed by atoms with Gasteiger partial charge in [0.15, 0.2) is 5.65 Å². The number of hydrogen-bond acceptors (Lipinski definition) is 3. The number of methoxy groups -OCH3 is 1. The van der Waals surface area contributed by atoms with Gasteiger partial charge in [0.25, 0.3) is 0 Å². The zero-order valence-electron chi connectivity index (χ0n) is 11.6. The predicted octanol–water partition coefficient (Wildman–Crippen LogP) is 3.35. The van der Waals surface area contributed by atoms with Crippen molar-refractivity contribution in [2.24, 2.45) is 0 Å². The minimum absolute atomic E-state index is 0.0318. The van der Waals surface area contributed by atoms with E-state index in [9.17, 15) is 13.2 Å². The van der Waals surface area contributed by atoms with E-state index in [1.54, 1.807) is 28.8 Å². The lowest BCUT2D eigenvalue weighted by Gasteiger charge is -2.12. The lowest BCUT2D eigenvalue weighted by molar-refractivity contribution is -0.138. The molecule has 7 heteroatoms. The molecule has 0 saturated carbocycles. The molecular formula is C15H12F3N3O. The van der Waals surface area contributed by atoms with E-state index in [4.69, 9.17) is 4.74 Å². The van der Waals surface area contributed by atoms with E-state index < -0.39 is 11.7 Å². The molecule has 2 heterocycles. The fraction of sp³-hybridized carbons (Fsp3) is 0.200. The SMILES string of the molecule is COc1ccc2nnc(Cc3ccccc3C(F)(F)F)n2c1. The van der Waals surface area contributed by atoms with Crippen molar-refractivity contribution in [1.82, 2.24) is 14.6 Å². The fourth-order valence-corrected chi connectivity index (χ4v) is 2.28. The van der Waals surface area contributed by atoms with Gasteiger partial charge in [0.2, 0.25) is 0 Å². The van der Waals surface area contributed by atoms with Gasteiger partial charge in [0.05, 0.1) is 18.9 Å². The zero-order chi connectivity index (χ0) is 15.7. The minimum atomic E-state index is -4.39. The fourth-order valence-electron chi connectivity index (χ4n) is 2.28. The molecule has 4 nitrogen and oxygen atoms in total. The van der Waals surface area contributed by atoms with Gasteiger partial charge in [0, 0.05) is 6.42 Å². The van der Waals surface area contributed by atoms with E-state index in [-0.39, 0.29) is 12.0 Å². The molecule has 0 N–H and O–H groups in total. The van der Waals surface area contributed by atoms with Gasteiger partial charge < -0.3 is 4.74 Å². The first-order valence-corrected chi connectivity index (χ1v) is 6.52. The Labute approximate surface area is 124 Å². The summed E-state index contributed by atoms with van der Waals surface area (Å²) in [5.74, 6) is 1.00. The monoisotopic (exact) mass is 307 g/mol. The molecule has 2 aromatic heterocycles. The molecule has 0 radical (unpaired) electrons. The Bertz CT molecular complexity index is 811. The topological polar surface area (TPSA) is 39.4 Å². The highest BCUT2D eigenvalue weighted by atomic mass is 19.4. The van der Waals surface area contributed by atoms with Crippen LogP contribution in [0.2, 0.25) is 0 Å². The van der Waals surface area contributed by atoms with E-state index in [2.05, 4.69) is 10.2 Å². The van der Waals surface area contributed by atoms with Gasteiger partial charge in [-0.3, -0.25) is 4.40 Å². The first kappa shape index (κ1) is 14.4.